The van der Waals surface area contributed by atoms with Crippen molar-refractivity contribution in [2.75, 3.05) is 19.6 Å². The second-order valence-corrected chi connectivity index (χ2v) is 4.69. The lowest BCUT2D eigenvalue weighted by molar-refractivity contribution is -0.133. The number of amides is 1. The predicted molar refractivity (Wildman–Crippen MR) is 69.3 cm³/mol. The Morgan fingerprint density at radius 1 is 1.33 bits per heavy atom. The molecule has 0 aromatic heterocycles. The van der Waals surface area contributed by atoms with E-state index >= 15 is 0 Å². The number of rotatable bonds is 5. The van der Waals surface area contributed by atoms with Gasteiger partial charge in [-0.2, -0.15) is 0 Å². The highest BCUT2D eigenvalue weighted by atomic mass is 16.4. The molecular weight excluding hydrogens is 232 g/mol. The molecule has 1 atom stereocenters. The third-order valence-electron chi connectivity index (χ3n) is 3.63. The van der Waals surface area contributed by atoms with E-state index in [2.05, 4.69) is 17.1 Å². The van der Waals surface area contributed by atoms with E-state index in [9.17, 15) is 9.59 Å². The van der Waals surface area contributed by atoms with Gasteiger partial charge in [0, 0.05) is 23.7 Å². The molecule has 1 unspecified atom stereocenters. The van der Waals surface area contributed by atoms with Crippen LogP contribution in [0.1, 0.15) is 33.6 Å². The topological polar surface area (TPSA) is 69.6 Å². The lowest BCUT2D eigenvalue weighted by Gasteiger charge is -2.23. The van der Waals surface area contributed by atoms with Crippen LogP contribution in [-0.4, -0.2) is 47.6 Å². The molecular formula is C13H22N2O3. The number of carboxylic acid groups (broad SMARTS) is 1. The Morgan fingerprint density at radius 2 is 2.00 bits per heavy atom. The number of carbonyl (C=O) groups excluding carboxylic acids is 1. The molecule has 1 saturated heterocycles. The van der Waals surface area contributed by atoms with Crippen LogP contribution in [-0.2, 0) is 9.59 Å². The zero-order chi connectivity index (χ0) is 13.7. The highest BCUT2D eigenvalue weighted by Crippen LogP contribution is 2.15. The molecule has 1 amide bonds. The summed E-state index contributed by atoms with van der Waals surface area (Å²) in [5, 5.41) is 11.6. The SMILES string of the molecule is CCN1CCCC1CNC(=O)C(C)=C(C)C(=O)O. The fourth-order valence-corrected chi connectivity index (χ4v) is 2.22. The maximum absolute atomic E-state index is 11.8. The maximum Gasteiger partial charge on any atom is 0.331 e. The quantitative estimate of drug-likeness (QED) is 0.718. The number of carboxylic acids is 1. The first kappa shape index (κ1) is 14.7. The Morgan fingerprint density at radius 3 is 2.56 bits per heavy atom. The fraction of sp³-hybridized carbons (Fsp3) is 0.692. The van der Waals surface area contributed by atoms with Gasteiger partial charge in [-0.1, -0.05) is 6.92 Å². The first-order valence-corrected chi connectivity index (χ1v) is 6.40. The number of hydrogen-bond acceptors (Lipinski definition) is 3. The number of nitrogens with zero attached hydrogens (tertiary/aromatic N) is 1. The van der Waals surface area contributed by atoms with E-state index < -0.39 is 5.97 Å². The molecule has 1 heterocycles. The van der Waals surface area contributed by atoms with Crippen molar-refractivity contribution >= 4 is 11.9 Å². The molecule has 1 aliphatic heterocycles. The van der Waals surface area contributed by atoms with Gasteiger partial charge in [0.2, 0.25) is 5.91 Å². The van der Waals surface area contributed by atoms with Gasteiger partial charge in [0.15, 0.2) is 0 Å². The standard InChI is InChI=1S/C13H22N2O3/c1-4-15-7-5-6-11(15)8-14-12(16)9(2)10(3)13(17)18/h11H,4-8H2,1-3H3,(H,14,16)(H,17,18). The van der Waals surface area contributed by atoms with Crippen LogP contribution in [0, 0.1) is 0 Å². The van der Waals surface area contributed by atoms with Gasteiger partial charge >= 0.3 is 5.97 Å². The van der Waals surface area contributed by atoms with E-state index in [1.165, 1.54) is 6.92 Å². The van der Waals surface area contributed by atoms with Crippen molar-refractivity contribution in [1.82, 2.24) is 10.2 Å². The summed E-state index contributed by atoms with van der Waals surface area (Å²) in [7, 11) is 0. The minimum Gasteiger partial charge on any atom is -0.478 e. The summed E-state index contributed by atoms with van der Waals surface area (Å²) in [5.74, 6) is -1.32. The monoisotopic (exact) mass is 254 g/mol. The van der Waals surface area contributed by atoms with Crippen molar-refractivity contribution in [3.8, 4) is 0 Å². The molecule has 1 rings (SSSR count). The van der Waals surface area contributed by atoms with Crippen molar-refractivity contribution in [2.24, 2.45) is 0 Å². The molecule has 0 radical (unpaired) electrons. The van der Waals surface area contributed by atoms with Crippen LogP contribution >= 0.6 is 0 Å². The van der Waals surface area contributed by atoms with Crippen molar-refractivity contribution in [3.05, 3.63) is 11.1 Å². The van der Waals surface area contributed by atoms with Crippen molar-refractivity contribution in [2.45, 2.75) is 39.7 Å². The Balaban J connectivity index is 2.51. The van der Waals surface area contributed by atoms with Crippen LogP contribution in [0.25, 0.3) is 0 Å². The van der Waals surface area contributed by atoms with E-state index in [4.69, 9.17) is 5.11 Å². The minimum absolute atomic E-state index is 0.103. The van der Waals surface area contributed by atoms with Crippen LogP contribution in [0.5, 0.6) is 0 Å². The Labute approximate surface area is 108 Å². The highest BCUT2D eigenvalue weighted by molar-refractivity contribution is 6.01. The minimum atomic E-state index is -1.04. The number of aliphatic carboxylic acids is 1. The van der Waals surface area contributed by atoms with Gasteiger partial charge in [0.25, 0.3) is 0 Å². The van der Waals surface area contributed by atoms with Gasteiger partial charge in [-0.3, -0.25) is 9.69 Å². The smallest absolute Gasteiger partial charge is 0.331 e. The third kappa shape index (κ3) is 3.57. The van der Waals surface area contributed by atoms with Gasteiger partial charge in [0.05, 0.1) is 0 Å². The first-order valence-electron chi connectivity index (χ1n) is 6.40. The molecule has 0 bridgehead atoms. The van der Waals surface area contributed by atoms with Gasteiger partial charge in [0.1, 0.15) is 0 Å². The number of carbonyl (C=O) groups is 2. The molecule has 5 nitrogen and oxygen atoms in total. The number of likely N-dealkylation sites (N-methyl/N-ethyl adjacent to an activating group) is 1. The fourth-order valence-electron chi connectivity index (χ4n) is 2.22. The van der Waals surface area contributed by atoms with Crippen LogP contribution in [0.2, 0.25) is 0 Å². The molecule has 0 aliphatic carbocycles. The summed E-state index contributed by atoms with van der Waals surface area (Å²) in [5.41, 5.74) is 0.384. The molecule has 2 N–H and O–H groups in total. The van der Waals surface area contributed by atoms with Gasteiger partial charge in [-0.05, 0) is 39.8 Å². The summed E-state index contributed by atoms with van der Waals surface area (Å²) in [4.78, 5) is 24.9. The Hall–Kier alpha value is -1.36. The van der Waals surface area contributed by atoms with Crippen LogP contribution < -0.4 is 5.32 Å². The average molecular weight is 254 g/mol. The van der Waals surface area contributed by atoms with Gasteiger partial charge in [-0.25, -0.2) is 4.79 Å². The average Bonchev–Trinajstić information content (AvgIpc) is 2.81. The molecule has 5 heteroatoms. The highest BCUT2D eigenvalue weighted by Gasteiger charge is 2.23. The van der Waals surface area contributed by atoms with Crippen molar-refractivity contribution in [3.63, 3.8) is 0 Å². The van der Waals surface area contributed by atoms with Crippen molar-refractivity contribution in [1.29, 1.82) is 0 Å². The summed E-state index contributed by atoms with van der Waals surface area (Å²) >= 11 is 0. The summed E-state index contributed by atoms with van der Waals surface area (Å²) < 4.78 is 0. The second kappa shape index (κ2) is 6.54. The van der Waals surface area contributed by atoms with E-state index in [-0.39, 0.29) is 17.1 Å². The molecule has 0 aromatic rings. The van der Waals surface area contributed by atoms with E-state index in [0.29, 0.717) is 12.6 Å². The molecule has 1 aliphatic rings. The molecule has 1 fully saturated rings. The number of hydrogen-bond donors (Lipinski definition) is 2. The predicted octanol–water partition coefficient (Wildman–Crippen LogP) is 1.01. The first-order chi connectivity index (χ1) is 8.47. The van der Waals surface area contributed by atoms with Gasteiger partial charge in [-0.15, -0.1) is 0 Å². The summed E-state index contributed by atoms with van der Waals surface area (Å²) in [6.45, 7) is 7.77. The van der Waals surface area contributed by atoms with Gasteiger partial charge < -0.3 is 10.4 Å². The Bertz CT molecular complexity index is 363. The Kier molecular flexibility index (Phi) is 5.34. The van der Waals surface area contributed by atoms with E-state index in [1.54, 1.807) is 6.92 Å². The molecule has 0 saturated carbocycles. The largest absolute Gasteiger partial charge is 0.478 e. The van der Waals surface area contributed by atoms with Crippen LogP contribution in [0.15, 0.2) is 11.1 Å². The molecule has 102 valence electrons. The zero-order valence-corrected chi connectivity index (χ0v) is 11.3. The van der Waals surface area contributed by atoms with E-state index in [0.717, 1.165) is 25.9 Å². The normalized spacial score (nSPS) is 21.6. The lowest BCUT2D eigenvalue weighted by atomic mass is 10.1. The molecule has 0 spiro atoms. The zero-order valence-electron chi connectivity index (χ0n) is 11.3. The van der Waals surface area contributed by atoms with Crippen LogP contribution in [0.3, 0.4) is 0 Å². The van der Waals surface area contributed by atoms with Crippen molar-refractivity contribution < 1.29 is 14.7 Å². The lowest BCUT2D eigenvalue weighted by Crippen LogP contribution is -2.40. The second-order valence-electron chi connectivity index (χ2n) is 4.69. The number of likely N-dealkylation sites (tertiary alicyclic amines) is 1. The molecule has 18 heavy (non-hydrogen) atoms. The number of nitrogens with one attached hydrogen (secondary N) is 1. The van der Waals surface area contributed by atoms with Crippen LogP contribution in [0.4, 0.5) is 0 Å². The summed E-state index contributed by atoms with van der Waals surface area (Å²) in [6, 6.07) is 0.386. The van der Waals surface area contributed by atoms with E-state index in [1.807, 2.05) is 0 Å². The molecule has 0 aromatic carbocycles. The summed E-state index contributed by atoms with van der Waals surface area (Å²) in [6.07, 6.45) is 2.26. The maximum atomic E-state index is 11.8. The third-order valence-corrected chi connectivity index (χ3v) is 3.63.